The summed E-state index contributed by atoms with van der Waals surface area (Å²) in [5, 5.41) is 3.43. The highest BCUT2D eigenvalue weighted by Crippen LogP contribution is 2.37. The normalized spacial score (nSPS) is 24.1. The Labute approximate surface area is 143 Å². The largest absolute Gasteiger partial charge is 0.371 e. The molecular weight excluding hydrogens is 300 g/mol. The predicted molar refractivity (Wildman–Crippen MR) is 94.2 cm³/mol. The molecule has 4 nitrogen and oxygen atoms in total. The van der Waals surface area contributed by atoms with Gasteiger partial charge in [-0.2, -0.15) is 0 Å². The Morgan fingerprint density at radius 1 is 1.21 bits per heavy atom. The molecule has 2 aromatic carbocycles. The molecule has 1 aliphatic carbocycles. The molecule has 0 bridgehead atoms. The molecule has 0 spiro atoms. The van der Waals surface area contributed by atoms with Crippen molar-refractivity contribution >= 4 is 5.91 Å². The topological polar surface area (TPSA) is 64.3 Å². The van der Waals surface area contributed by atoms with Crippen molar-refractivity contribution in [1.82, 2.24) is 5.32 Å². The zero-order valence-corrected chi connectivity index (χ0v) is 13.9. The Balaban J connectivity index is 1.68. The number of amides is 1. The van der Waals surface area contributed by atoms with Gasteiger partial charge in [-0.1, -0.05) is 60.7 Å². The third-order valence-corrected chi connectivity index (χ3v) is 4.86. The van der Waals surface area contributed by atoms with Crippen LogP contribution in [0.15, 0.2) is 60.7 Å². The van der Waals surface area contributed by atoms with E-state index in [1.165, 1.54) is 0 Å². The van der Waals surface area contributed by atoms with Crippen LogP contribution in [0, 0.1) is 0 Å². The monoisotopic (exact) mass is 324 g/mol. The van der Waals surface area contributed by atoms with Crippen LogP contribution in [0.1, 0.15) is 36.9 Å². The maximum absolute atomic E-state index is 12.2. The number of ether oxygens (including phenoxy) is 1. The molecule has 1 saturated carbocycles. The van der Waals surface area contributed by atoms with Gasteiger partial charge in [0, 0.05) is 6.04 Å². The van der Waals surface area contributed by atoms with Gasteiger partial charge < -0.3 is 10.5 Å². The summed E-state index contributed by atoms with van der Waals surface area (Å²) in [5.74, 6) is -0.338. The van der Waals surface area contributed by atoms with E-state index in [-0.39, 0.29) is 18.1 Å². The number of primary amides is 1. The van der Waals surface area contributed by atoms with Gasteiger partial charge in [-0.05, 0) is 30.9 Å². The van der Waals surface area contributed by atoms with E-state index < -0.39 is 5.54 Å². The molecule has 24 heavy (non-hydrogen) atoms. The minimum absolute atomic E-state index is 0.0295. The van der Waals surface area contributed by atoms with Gasteiger partial charge >= 0.3 is 0 Å². The van der Waals surface area contributed by atoms with Crippen LogP contribution >= 0.6 is 0 Å². The van der Waals surface area contributed by atoms with Crippen molar-refractivity contribution in [3.63, 3.8) is 0 Å². The van der Waals surface area contributed by atoms with Crippen molar-refractivity contribution in [2.24, 2.45) is 5.73 Å². The van der Waals surface area contributed by atoms with Gasteiger partial charge in [0.15, 0.2) is 0 Å². The molecule has 0 aliphatic heterocycles. The van der Waals surface area contributed by atoms with Crippen LogP contribution in [0.3, 0.4) is 0 Å². The van der Waals surface area contributed by atoms with E-state index in [0.717, 1.165) is 17.5 Å². The molecule has 1 fully saturated rings. The fraction of sp³-hybridized carbons (Fsp3) is 0.350. The van der Waals surface area contributed by atoms with Crippen LogP contribution in [0.5, 0.6) is 0 Å². The van der Waals surface area contributed by atoms with Crippen LogP contribution < -0.4 is 11.1 Å². The smallest absolute Gasteiger partial charge is 0.240 e. The lowest BCUT2D eigenvalue weighted by Gasteiger charge is -2.48. The van der Waals surface area contributed by atoms with Gasteiger partial charge in [0.25, 0.3) is 0 Å². The number of hydrogen-bond donors (Lipinski definition) is 2. The van der Waals surface area contributed by atoms with Crippen LogP contribution in [-0.4, -0.2) is 17.6 Å². The van der Waals surface area contributed by atoms with E-state index in [0.29, 0.717) is 13.0 Å². The van der Waals surface area contributed by atoms with E-state index in [1.54, 1.807) is 0 Å². The predicted octanol–water partition coefficient (Wildman–Crippen LogP) is 2.94. The van der Waals surface area contributed by atoms with Gasteiger partial charge in [0.2, 0.25) is 5.91 Å². The Morgan fingerprint density at radius 3 is 2.38 bits per heavy atom. The van der Waals surface area contributed by atoms with Gasteiger partial charge in [-0.3, -0.25) is 10.1 Å². The first kappa shape index (κ1) is 16.7. The summed E-state index contributed by atoms with van der Waals surface area (Å²) >= 11 is 0. The van der Waals surface area contributed by atoms with Gasteiger partial charge in [-0.25, -0.2) is 0 Å². The quantitative estimate of drug-likeness (QED) is 0.823. The molecule has 1 amide bonds. The lowest BCUT2D eigenvalue weighted by Crippen LogP contribution is -2.69. The minimum Gasteiger partial charge on any atom is -0.371 e. The summed E-state index contributed by atoms with van der Waals surface area (Å²) in [6.45, 7) is 2.54. The average Bonchev–Trinajstić information content (AvgIpc) is 2.60. The Kier molecular flexibility index (Phi) is 4.97. The number of carbonyl (C=O) groups is 1. The number of carbonyl (C=O) groups excluding carboxylic acids is 1. The van der Waals surface area contributed by atoms with Crippen molar-refractivity contribution in [1.29, 1.82) is 0 Å². The SMILES string of the molecule is C[C@H](N[C@@]1(C(N)=O)CC[C@@H]1OCc1ccccc1)c1ccccc1. The Bertz CT molecular complexity index is 675. The first-order chi connectivity index (χ1) is 11.6. The van der Waals surface area contributed by atoms with Crippen molar-refractivity contribution in [2.45, 2.75) is 44.1 Å². The molecule has 0 saturated heterocycles. The third kappa shape index (κ3) is 3.35. The van der Waals surface area contributed by atoms with E-state index in [2.05, 4.69) is 5.32 Å². The fourth-order valence-corrected chi connectivity index (χ4v) is 3.28. The first-order valence-corrected chi connectivity index (χ1v) is 8.40. The number of nitrogens with two attached hydrogens (primary N) is 1. The second-order valence-corrected chi connectivity index (χ2v) is 6.44. The molecule has 126 valence electrons. The highest BCUT2D eigenvalue weighted by Gasteiger charge is 2.53. The lowest BCUT2D eigenvalue weighted by atomic mass is 9.72. The standard InChI is InChI=1S/C20H24N2O2/c1-15(17-10-6-3-7-11-17)22-20(19(21)23)13-12-18(20)24-14-16-8-4-2-5-9-16/h2-11,15,18,22H,12-14H2,1H3,(H2,21,23)/t15-,18-,20-/m0/s1. The van der Waals surface area contributed by atoms with Gasteiger partial charge in [0.1, 0.15) is 5.54 Å². The summed E-state index contributed by atoms with van der Waals surface area (Å²) in [6, 6.07) is 20.1. The maximum Gasteiger partial charge on any atom is 0.240 e. The molecule has 0 radical (unpaired) electrons. The average molecular weight is 324 g/mol. The second kappa shape index (κ2) is 7.16. The number of hydrogen-bond acceptors (Lipinski definition) is 3. The zero-order valence-electron chi connectivity index (χ0n) is 13.9. The Hall–Kier alpha value is -2.17. The molecule has 3 N–H and O–H groups in total. The number of benzene rings is 2. The molecule has 3 atom stereocenters. The molecule has 3 rings (SSSR count). The lowest BCUT2D eigenvalue weighted by molar-refractivity contribution is -0.146. The van der Waals surface area contributed by atoms with Gasteiger partial charge in [0.05, 0.1) is 12.7 Å². The third-order valence-electron chi connectivity index (χ3n) is 4.86. The highest BCUT2D eigenvalue weighted by molar-refractivity contribution is 5.86. The van der Waals surface area contributed by atoms with Crippen LogP contribution in [-0.2, 0) is 16.1 Å². The molecule has 0 aromatic heterocycles. The molecule has 2 aromatic rings. The van der Waals surface area contributed by atoms with E-state index in [4.69, 9.17) is 10.5 Å². The van der Waals surface area contributed by atoms with Crippen LogP contribution in [0.4, 0.5) is 0 Å². The number of nitrogens with one attached hydrogen (secondary N) is 1. The van der Waals surface area contributed by atoms with E-state index in [1.807, 2.05) is 67.6 Å². The Morgan fingerprint density at radius 2 is 1.83 bits per heavy atom. The molecule has 1 aliphatic rings. The molecule has 4 heteroatoms. The van der Waals surface area contributed by atoms with Crippen LogP contribution in [0.25, 0.3) is 0 Å². The van der Waals surface area contributed by atoms with Crippen molar-refractivity contribution in [2.75, 3.05) is 0 Å². The summed E-state index contributed by atoms with van der Waals surface area (Å²) in [7, 11) is 0. The fourth-order valence-electron chi connectivity index (χ4n) is 3.28. The second-order valence-electron chi connectivity index (χ2n) is 6.44. The van der Waals surface area contributed by atoms with E-state index >= 15 is 0 Å². The minimum atomic E-state index is -0.788. The maximum atomic E-state index is 12.2. The summed E-state index contributed by atoms with van der Waals surface area (Å²) in [4.78, 5) is 12.2. The first-order valence-electron chi connectivity index (χ1n) is 8.40. The highest BCUT2D eigenvalue weighted by atomic mass is 16.5. The van der Waals surface area contributed by atoms with Crippen molar-refractivity contribution < 1.29 is 9.53 Å². The van der Waals surface area contributed by atoms with Crippen LogP contribution in [0.2, 0.25) is 0 Å². The van der Waals surface area contributed by atoms with Crippen molar-refractivity contribution in [3.8, 4) is 0 Å². The molecular formula is C20H24N2O2. The van der Waals surface area contributed by atoms with E-state index in [9.17, 15) is 4.79 Å². The summed E-state index contributed by atoms with van der Waals surface area (Å²) < 4.78 is 6.01. The zero-order chi connectivity index (χ0) is 17.0. The summed E-state index contributed by atoms with van der Waals surface area (Å²) in [6.07, 6.45) is 1.35. The summed E-state index contributed by atoms with van der Waals surface area (Å²) in [5.41, 5.74) is 7.18. The molecule has 0 unspecified atom stereocenters. The molecule has 0 heterocycles. The van der Waals surface area contributed by atoms with Gasteiger partial charge in [-0.15, -0.1) is 0 Å². The number of rotatable bonds is 7. The van der Waals surface area contributed by atoms with Crippen molar-refractivity contribution in [3.05, 3.63) is 71.8 Å².